The quantitative estimate of drug-likeness (QED) is 0.788. The molecular formula is C19H19ClN2O2S. The lowest BCUT2D eigenvalue weighted by molar-refractivity contribution is 0.407. The van der Waals surface area contributed by atoms with E-state index in [-0.39, 0.29) is 10.8 Å². The van der Waals surface area contributed by atoms with Crippen LogP contribution in [0.3, 0.4) is 0 Å². The number of aliphatic imine (C=N–C) groups is 1. The van der Waals surface area contributed by atoms with Crippen LogP contribution in [0.1, 0.15) is 29.2 Å². The summed E-state index contributed by atoms with van der Waals surface area (Å²) in [5.74, 6) is 0.882. The smallest absolute Gasteiger partial charge is 0.182 e. The Balaban J connectivity index is 2.27. The monoisotopic (exact) mass is 374 g/mol. The Morgan fingerprint density at radius 3 is 2.24 bits per heavy atom. The largest absolute Gasteiger partial charge is 0.506 e. The number of thiocarbonyl (C=S) groups is 1. The molecule has 0 amide bonds. The number of benzene rings is 2. The van der Waals surface area contributed by atoms with Gasteiger partial charge in [0.2, 0.25) is 0 Å². The second kappa shape index (κ2) is 6.32. The third-order valence-electron chi connectivity index (χ3n) is 4.41. The van der Waals surface area contributed by atoms with Gasteiger partial charge in [0.05, 0.1) is 17.8 Å². The molecule has 130 valence electrons. The van der Waals surface area contributed by atoms with Gasteiger partial charge in [-0.2, -0.15) is 0 Å². The van der Waals surface area contributed by atoms with E-state index in [1.54, 1.807) is 25.3 Å². The number of methoxy groups -OCH3 is 1. The molecule has 0 aromatic heterocycles. The van der Waals surface area contributed by atoms with Gasteiger partial charge in [0, 0.05) is 11.1 Å². The van der Waals surface area contributed by atoms with Gasteiger partial charge >= 0.3 is 0 Å². The highest BCUT2D eigenvalue weighted by Gasteiger charge is 2.40. The van der Waals surface area contributed by atoms with Crippen molar-refractivity contribution < 1.29 is 9.84 Å². The van der Waals surface area contributed by atoms with E-state index in [2.05, 4.69) is 5.32 Å². The fourth-order valence-corrected chi connectivity index (χ4v) is 3.61. The molecule has 0 fully saturated rings. The average Bonchev–Trinajstić information content (AvgIpc) is 2.86. The number of rotatable bonds is 3. The first-order valence-corrected chi connectivity index (χ1v) is 8.61. The van der Waals surface area contributed by atoms with E-state index in [9.17, 15) is 5.11 Å². The van der Waals surface area contributed by atoms with E-state index in [1.807, 2.05) is 32.9 Å². The molecule has 0 spiro atoms. The minimum absolute atomic E-state index is 0.0314. The number of ether oxygens (including phenoxy) is 1. The number of phenolic OH excluding ortho intramolecular Hbond substituents is 1. The van der Waals surface area contributed by atoms with Gasteiger partial charge in [-0.1, -0.05) is 29.9 Å². The van der Waals surface area contributed by atoms with E-state index in [4.69, 9.17) is 33.5 Å². The van der Waals surface area contributed by atoms with E-state index in [0.29, 0.717) is 4.99 Å². The summed E-state index contributed by atoms with van der Waals surface area (Å²) in [5, 5.41) is 13.4. The summed E-state index contributed by atoms with van der Waals surface area (Å²) in [7, 11) is 1.66. The lowest BCUT2D eigenvalue weighted by Crippen LogP contribution is -2.40. The van der Waals surface area contributed by atoms with Gasteiger partial charge in [-0.15, -0.1) is 0 Å². The number of nitrogens with one attached hydrogen (secondary N) is 1. The number of aromatic hydroxyl groups is 1. The summed E-state index contributed by atoms with van der Waals surface area (Å²) in [6, 6.07) is 9.14. The molecule has 3 rings (SSSR count). The average molecular weight is 375 g/mol. The predicted molar refractivity (Wildman–Crippen MR) is 105 cm³/mol. The van der Waals surface area contributed by atoms with E-state index < -0.39 is 5.66 Å². The number of aryl methyl sites for hydroxylation is 2. The van der Waals surface area contributed by atoms with Crippen LogP contribution in [0.4, 0.5) is 0 Å². The maximum absolute atomic E-state index is 9.77. The zero-order valence-electron chi connectivity index (χ0n) is 14.5. The molecule has 4 nitrogen and oxygen atoms in total. The van der Waals surface area contributed by atoms with Crippen LogP contribution < -0.4 is 10.1 Å². The van der Waals surface area contributed by atoms with Gasteiger partial charge in [0.25, 0.3) is 0 Å². The van der Waals surface area contributed by atoms with E-state index >= 15 is 0 Å². The van der Waals surface area contributed by atoms with Crippen LogP contribution in [0.15, 0.2) is 35.3 Å². The molecule has 2 N–H and O–H groups in total. The Labute approximate surface area is 157 Å². The van der Waals surface area contributed by atoms with Crippen molar-refractivity contribution in [2.45, 2.75) is 26.4 Å². The van der Waals surface area contributed by atoms with Crippen LogP contribution in [-0.4, -0.2) is 22.9 Å². The zero-order valence-corrected chi connectivity index (χ0v) is 16.0. The molecule has 0 radical (unpaired) electrons. The highest BCUT2D eigenvalue weighted by atomic mass is 35.5. The van der Waals surface area contributed by atoms with Crippen molar-refractivity contribution in [2.24, 2.45) is 4.99 Å². The van der Waals surface area contributed by atoms with Crippen LogP contribution in [0, 0.1) is 13.8 Å². The number of hydrogen-bond acceptors (Lipinski definition) is 4. The Hall–Kier alpha value is -2.11. The van der Waals surface area contributed by atoms with E-state index in [1.165, 1.54) is 0 Å². The molecule has 1 aliphatic rings. The van der Waals surface area contributed by atoms with Crippen LogP contribution in [0.2, 0.25) is 5.02 Å². The summed E-state index contributed by atoms with van der Waals surface area (Å²) >= 11 is 11.6. The molecule has 6 heteroatoms. The van der Waals surface area contributed by atoms with Crippen molar-refractivity contribution in [2.75, 3.05) is 7.11 Å². The number of hydrogen-bond donors (Lipinski definition) is 2. The highest BCUT2D eigenvalue weighted by molar-refractivity contribution is 7.82. The van der Waals surface area contributed by atoms with Crippen molar-refractivity contribution in [1.29, 1.82) is 0 Å². The van der Waals surface area contributed by atoms with Gasteiger partial charge in [-0.3, -0.25) is 0 Å². The third-order valence-corrected chi connectivity index (χ3v) is 5.11. The third kappa shape index (κ3) is 2.87. The second-order valence-corrected chi connectivity index (χ2v) is 6.99. The second-order valence-electron chi connectivity index (χ2n) is 6.17. The molecule has 1 unspecified atom stereocenters. The number of nitrogens with zero attached hydrogens (tertiary/aromatic N) is 1. The SMILES string of the molecule is COc1c(C)cc(C2(c3ccc(O)c(Cl)c3)N=C(C)C(=S)N2)cc1C. The lowest BCUT2D eigenvalue weighted by Gasteiger charge is -2.30. The zero-order chi connectivity index (χ0) is 18.4. The maximum Gasteiger partial charge on any atom is 0.182 e. The molecule has 0 saturated carbocycles. The fourth-order valence-electron chi connectivity index (χ4n) is 3.24. The highest BCUT2D eigenvalue weighted by Crippen LogP contribution is 2.40. The van der Waals surface area contributed by atoms with Gasteiger partial charge in [0.15, 0.2) is 5.66 Å². The first-order valence-electron chi connectivity index (χ1n) is 7.82. The Bertz CT molecular complexity index is 887. The fraction of sp³-hybridized carbons (Fsp3) is 0.263. The number of halogens is 1. The molecule has 0 aliphatic carbocycles. The Morgan fingerprint density at radius 1 is 1.12 bits per heavy atom. The van der Waals surface area contributed by atoms with Gasteiger partial charge in [-0.05, 0) is 56.2 Å². The van der Waals surface area contributed by atoms with Gasteiger partial charge < -0.3 is 15.2 Å². The minimum atomic E-state index is -0.875. The molecule has 25 heavy (non-hydrogen) atoms. The molecule has 2 aromatic carbocycles. The molecule has 1 heterocycles. The molecule has 0 saturated heterocycles. The normalized spacial score (nSPS) is 19.6. The van der Waals surface area contributed by atoms with E-state index in [0.717, 1.165) is 33.7 Å². The summed E-state index contributed by atoms with van der Waals surface area (Å²) in [4.78, 5) is 5.43. The Morgan fingerprint density at radius 2 is 1.76 bits per heavy atom. The van der Waals surface area contributed by atoms with Crippen LogP contribution >= 0.6 is 23.8 Å². The number of phenols is 1. The first kappa shape index (κ1) is 17.7. The van der Waals surface area contributed by atoms with Crippen molar-refractivity contribution >= 4 is 34.5 Å². The van der Waals surface area contributed by atoms with Crippen LogP contribution in [0.25, 0.3) is 0 Å². The molecule has 2 aromatic rings. The molecule has 1 aliphatic heterocycles. The van der Waals surface area contributed by atoms with Gasteiger partial charge in [-0.25, -0.2) is 4.99 Å². The molecular weight excluding hydrogens is 356 g/mol. The van der Waals surface area contributed by atoms with Crippen molar-refractivity contribution in [3.8, 4) is 11.5 Å². The maximum atomic E-state index is 9.77. The first-order chi connectivity index (χ1) is 11.8. The summed E-state index contributed by atoms with van der Waals surface area (Å²) in [6.07, 6.45) is 0. The lowest BCUT2D eigenvalue weighted by atomic mass is 9.89. The Kier molecular flexibility index (Phi) is 4.47. The van der Waals surface area contributed by atoms with Gasteiger partial charge in [0.1, 0.15) is 16.5 Å². The summed E-state index contributed by atoms with van der Waals surface area (Å²) in [6.45, 7) is 5.87. The standard InChI is InChI=1S/C19H19ClN2O2S/c1-10-7-14(8-11(2)17(10)24-4)19(21-12(3)18(25)22-19)13-5-6-16(23)15(20)9-13/h5-9,23H,1-4H3,(H,22,25). The van der Waals surface area contributed by atoms with Crippen LogP contribution in [0.5, 0.6) is 11.5 Å². The van der Waals surface area contributed by atoms with Crippen molar-refractivity contribution in [1.82, 2.24) is 5.32 Å². The van der Waals surface area contributed by atoms with Crippen LogP contribution in [-0.2, 0) is 5.66 Å². The summed E-state index contributed by atoms with van der Waals surface area (Å²) in [5.41, 5.74) is 3.64. The molecule has 1 atom stereocenters. The topological polar surface area (TPSA) is 53.9 Å². The minimum Gasteiger partial charge on any atom is -0.506 e. The molecule has 0 bridgehead atoms. The predicted octanol–water partition coefficient (Wildman–Crippen LogP) is 4.26. The van der Waals surface area contributed by atoms with Crippen molar-refractivity contribution in [3.63, 3.8) is 0 Å². The van der Waals surface area contributed by atoms with Crippen molar-refractivity contribution in [3.05, 3.63) is 57.6 Å². The summed E-state index contributed by atoms with van der Waals surface area (Å²) < 4.78 is 5.47.